The first-order chi connectivity index (χ1) is 14.8. The molecular weight excluding hydrogens is 390 g/mol. The van der Waals surface area contributed by atoms with Crippen molar-refractivity contribution in [2.24, 2.45) is 0 Å². The monoisotopic (exact) mass is 417 g/mol. The molecular formula is C24H27N5O2. The Morgan fingerprint density at radius 3 is 1.61 bits per heavy atom. The van der Waals surface area contributed by atoms with Gasteiger partial charge in [-0.25, -0.2) is 0 Å². The molecule has 160 valence electrons. The van der Waals surface area contributed by atoms with Gasteiger partial charge in [0.15, 0.2) is 0 Å². The number of rotatable bonds is 7. The van der Waals surface area contributed by atoms with Crippen molar-refractivity contribution >= 4 is 11.8 Å². The van der Waals surface area contributed by atoms with Crippen LogP contribution < -0.4 is 10.6 Å². The zero-order chi connectivity index (χ0) is 22.5. The highest BCUT2D eigenvalue weighted by Gasteiger charge is 2.23. The molecule has 2 aromatic heterocycles. The smallest absolute Gasteiger partial charge is 0.267 e. The highest BCUT2D eigenvalue weighted by Crippen LogP contribution is 2.31. The van der Waals surface area contributed by atoms with E-state index in [2.05, 4.69) is 26.7 Å². The molecule has 0 spiro atoms. The maximum absolute atomic E-state index is 12.4. The third-order valence-electron chi connectivity index (χ3n) is 4.74. The van der Waals surface area contributed by atoms with Gasteiger partial charge in [0, 0.05) is 23.5 Å². The Hall–Kier alpha value is -3.79. The second-order valence-corrected chi connectivity index (χ2v) is 8.08. The van der Waals surface area contributed by atoms with Crippen LogP contribution in [0.2, 0.25) is 0 Å². The molecule has 7 heteroatoms. The third-order valence-corrected chi connectivity index (χ3v) is 4.74. The van der Waals surface area contributed by atoms with E-state index in [0.29, 0.717) is 17.0 Å². The van der Waals surface area contributed by atoms with Gasteiger partial charge in [-0.05, 0) is 69.7 Å². The Balaban J connectivity index is 2.00. The largest absolute Gasteiger partial charge is 0.354 e. The fourth-order valence-electron chi connectivity index (χ4n) is 3.38. The Morgan fingerprint density at radius 2 is 1.23 bits per heavy atom. The second kappa shape index (κ2) is 9.35. The number of benzene rings is 1. The van der Waals surface area contributed by atoms with Crippen LogP contribution in [-0.4, -0.2) is 33.9 Å². The van der Waals surface area contributed by atoms with Gasteiger partial charge in [-0.2, -0.15) is 5.26 Å². The molecule has 0 bridgehead atoms. The molecule has 0 unspecified atom stereocenters. The average molecular weight is 418 g/mol. The molecule has 0 aliphatic heterocycles. The molecule has 31 heavy (non-hydrogen) atoms. The van der Waals surface area contributed by atoms with Gasteiger partial charge in [0.05, 0.1) is 17.6 Å². The first-order valence-corrected chi connectivity index (χ1v) is 10.3. The van der Waals surface area contributed by atoms with Gasteiger partial charge in [-0.1, -0.05) is 12.1 Å². The second-order valence-electron chi connectivity index (χ2n) is 8.08. The van der Waals surface area contributed by atoms with Crippen LogP contribution >= 0.6 is 0 Å². The molecule has 0 atom stereocenters. The van der Waals surface area contributed by atoms with Crippen LogP contribution in [0.4, 0.5) is 0 Å². The van der Waals surface area contributed by atoms with Gasteiger partial charge in [0.25, 0.3) is 11.8 Å². The van der Waals surface area contributed by atoms with E-state index in [4.69, 9.17) is 5.26 Å². The lowest BCUT2D eigenvalue weighted by Crippen LogP contribution is -2.30. The minimum atomic E-state index is -0.269. The summed E-state index contributed by atoms with van der Waals surface area (Å²) in [4.78, 5) is 31.2. The summed E-state index contributed by atoms with van der Waals surface area (Å²) in [5.74, 6) is -0.624. The SMILES string of the molecule is CC(C)NC(=O)c1ccc(C(c2ccc(C#N)cc2)c2ccc(C(=O)NC(C)C)[nH]2)[nH]1. The molecule has 7 nitrogen and oxygen atoms in total. The molecule has 0 saturated heterocycles. The van der Waals surface area contributed by atoms with Gasteiger partial charge in [0.1, 0.15) is 11.4 Å². The van der Waals surface area contributed by atoms with Crippen LogP contribution in [0, 0.1) is 11.3 Å². The van der Waals surface area contributed by atoms with E-state index in [1.54, 1.807) is 24.3 Å². The van der Waals surface area contributed by atoms with E-state index in [-0.39, 0.29) is 29.8 Å². The lowest BCUT2D eigenvalue weighted by atomic mass is 9.92. The van der Waals surface area contributed by atoms with Crippen molar-refractivity contribution in [2.75, 3.05) is 0 Å². The Labute approximate surface area is 181 Å². The predicted octanol–water partition coefficient (Wildman–Crippen LogP) is 3.67. The quantitative estimate of drug-likeness (QED) is 0.470. The van der Waals surface area contributed by atoms with Gasteiger partial charge in [0.2, 0.25) is 0 Å². The lowest BCUT2D eigenvalue weighted by molar-refractivity contribution is 0.0930. The first kappa shape index (κ1) is 21.9. The minimum absolute atomic E-state index is 0.0269. The number of nitrogens with zero attached hydrogens (tertiary/aromatic N) is 1. The van der Waals surface area contributed by atoms with Gasteiger partial charge < -0.3 is 20.6 Å². The summed E-state index contributed by atoms with van der Waals surface area (Å²) in [6.07, 6.45) is 0. The number of carbonyl (C=O) groups is 2. The maximum Gasteiger partial charge on any atom is 0.267 e. The molecule has 2 heterocycles. The molecule has 4 N–H and O–H groups in total. The zero-order valence-electron chi connectivity index (χ0n) is 18.1. The Bertz CT molecular complexity index is 1040. The molecule has 2 amide bonds. The summed E-state index contributed by atoms with van der Waals surface area (Å²) in [5, 5.41) is 14.9. The van der Waals surface area contributed by atoms with Gasteiger partial charge >= 0.3 is 0 Å². The predicted molar refractivity (Wildman–Crippen MR) is 119 cm³/mol. The Morgan fingerprint density at radius 1 is 0.774 bits per heavy atom. The number of hydrogen-bond donors (Lipinski definition) is 4. The minimum Gasteiger partial charge on any atom is -0.354 e. The van der Waals surface area contributed by atoms with Crippen molar-refractivity contribution < 1.29 is 9.59 Å². The molecule has 0 saturated carbocycles. The molecule has 3 rings (SSSR count). The summed E-state index contributed by atoms with van der Waals surface area (Å²) in [6.45, 7) is 7.63. The van der Waals surface area contributed by atoms with E-state index in [1.807, 2.05) is 52.0 Å². The molecule has 0 aliphatic carbocycles. The fourth-order valence-corrected chi connectivity index (χ4v) is 3.38. The van der Waals surface area contributed by atoms with Gasteiger partial charge in [-0.3, -0.25) is 9.59 Å². The number of aromatic amines is 2. The highest BCUT2D eigenvalue weighted by molar-refractivity contribution is 5.93. The van der Waals surface area contributed by atoms with Crippen LogP contribution in [0.3, 0.4) is 0 Å². The fraction of sp³-hybridized carbons (Fsp3) is 0.292. The van der Waals surface area contributed by atoms with Crippen LogP contribution in [0.5, 0.6) is 0 Å². The number of amides is 2. The van der Waals surface area contributed by atoms with Crippen LogP contribution in [0.15, 0.2) is 48.5 Å². The summed E-state index contributed by atoms with van der Waals surface area (Å²) in [7, 11) is 0. The number of carbonyl (C=O) groups excluding carboxylic acids is 2. The normalized spacial score (nSPS) is 11.0. The standard InChI is InChI=1S/C24H27N5O2/c1-14(2)26-23(30)20-11-9-18(28-20)22(17-7-5-16(13-25)6-8-17)19-10-12-21(29-19)24(31)27-15(3)4/h5-12,14-15,22,28-29H,1-4H3,(H,26,30)(H,27,31). The van der Waals surface area contributed by atoms with E-state index < -0.39 is 0 Å². The maximum atomic E-state index is 12.4. The van der Waals surface area contributed by atoms with Crippen LogP contribution in [-0.2, 0) is 0 Å². The van der Waals surface area contributed by atoms with Crippen molar-refractivity contribution in [3.8, 4) is 6.07 Å². The summed E-state index contributed by atoms with van der Waals surface area (Å²) in [5.41, 5.74) is 4.02. The first-order valence-electron chi connectivity index (χ1n) is 10.3. The van der Waals surface area contributed by atoms with Crippen molar-refractivity contribution in [1.29, 1.82) is 5.26 Å². The number of nitrogens with one attached hydrogen (secondary N) is 4. The van der Waals surface area contributed by atoms with Crippen molar-refractivity contribution in [3.05, 3.63) is 82.4 Å². The zero-order valence-corrected chi connectivity index (χ0v) is 18.1. The number of hydrogen-bond acceptors (Lipinski definition) is 3. The summed E-state index contributed by atoms with van der Waals surface area (Å²) < 4.78 is 0. The molecule has 0 fully saturated rings. The molecule has 1 aromatic carbocycles. The van der Waals surface area contributed by atoms with E-state index in [1.165, 1.54) is 0 Å². The van der Waals surface area contributed by atoms with Crippen molar-refractivity contribution in [2.45, 2.75) is 45.7 Å². The van der Waals surface area contributed by atoms with Crippen molar-refractivity contribution in [1.82, 2.24) is 20.6 Å². The van der Waals surface area contributed by atoms with E-state index in [9.17, 15) is 9.59 Å². The lowest BCUT2D eigenvalue weighted by Gasteiger charge is -2.16. The van der Waals surface area contributed by atoms with Gasteiger partial charge in [-0.15, -0.1) is 0 Å². The number of aromatic nitrogens is 2. The van der Waals surface area contributed by atoms with Crippen LogP contribution in [0.1, 0.15) is 77.1 Å². The highest BCUT2D eigenvalue weighted by atomic mass is 16.2. The van der Waals surface area contributed by atoms with E-state index in [0.717, 1.165) is 17.0 Å². The number of nitriles is 1. The molecule has 0 aliphatic rings. The van der Waals surface area contributed by atoms with E-state index >= 15 is 0 Å². The topological polar surface area (TPSA) is 114 Å². The summed E-state index contributed by atoms with van der Waals surface area (Å²) >= 11 is 0. The van der Waals surface area contributed by atoms with Crippen LogP contribution in [0.25, 0.3) is 0 Å². The molecule has 3 aromatic rings. The Kier molecular flexibility index (Phi) is 6.61. The average Bonchev–Trinajstić information content (AvgIpc) is 3.38. The number of H-pyrrole nitrogens is 2. The van der Waals surface area contributed by atoms with Crippen molar-refractivity contribution in [3.63, 3.8) is 0 Å². The summed E-state index contributed by atoms with van der Waals surface area (Å²) in [6, 6.07) is 16.7. The third kappa shape index (κ3) is 5.23. The molecule has 0 radical (unpaired) electrons.